The Labute approximate surface area is 135 Å². The summed E-state index contributed by atoms with van der Waals surface area (Å²) < 4.78 is 8.12. The fourth-order valence-electron chi connectivity index (χ4n) is 1.89. The van der Waals surface area contributed by atoms with E-state index in [2.05, 4.69) is 20.9 Å². The third kappa shape index (κ3) is 3.59. The number of aliphatic carboxylic acids is 1. The van der Waals surface area contributed by atoms with Gasteiger partial charge in [0.15, 0.2) is 5.16 Å². The van der Waals surface area contributed by atoms with Crippen LogP contribution in [0, 0.1) is 0 Å². The monoisotopic (exact) mass is 370 g/mol. The van der Waals surface area contributed by atoms with Crippen molar-refractivity contribution in [3.05, 3.63) is 34.6 Å². The fraction of sp³-hybridized carbons (Fsp3) is 0.286. The number of hydrogen-bond acceptors (Lipinski definition) is 4. The van der Waals surface area contributed by atoms with Gasteiger partial charge in [0.25, 0.3) is 0 Å². The topological polar surface area (TPSA) is 64.3 Å². The first-order chi connectivity index (χ1) is 10.1. The molecule has 1 aromatic carbocycles. The average molecular weight is 371 g/mol. The molecule has 0 unspecified atom stereocenters. The van der Waals surface area contributed by atoms with Gasteiger partial charge in [0.1, 0.15) is 5.75 Å². The minimum absolute atomic E-state index is 0.0260. The standard InChI is InChI=1S/C14H15BrN2O3S/c1-3-9-7-16-14(21-8-13(18)19)17(9)12-6-10(20-2)4-5-11(12)15/h4-7H,3,8H2,1-2H3,(H,18,19). The van der Waals surface area contributed by atoms with E-state index in [4.69, 9.17) is 9.84 Å². The van der Waals surface area contributed by atoms with E-state index in [1.807, 2.05) is 29.7 Å². The minimum atomic E-state index is -0.864. The van der Waals surface area contributed by atoms with E-state index in [0.717, 1.165) is 28.0 Å². The molecule has 0 aliphatic carbocycles. The van der Waals surface area contributed by atoms with Crippen LogP contribution >= 0.6 is 27.7 Å². The molecule has 0 fully saturated rings. The van der Waals surface area contributed by atoms with Gasteiger partial charge < -0.3 is 9.84 Å². The quantitative estimate of drug-likeness (QED) is 0.789. The summed E-state index contributed by atoms with van der Waals surface area (Å²) in [5.74, 6) is -0.155. The normalized spacial score (nSPS) is 10.6. The van der Waals surface area contributed by atoms with Crippen molar-refractivity contribution in [1.82, 2.24) is 9.55 Å². The van der Waals surface area contributed by atoms with E-state index < -0.39 is 5.97 Å². The Bertz CT molecular complexity index is 658. The second kappa shape index (κ2) is 7.00. The zero-order valence-electron chi connectivity index (χ0n) is 11.7. The lowest BCUT2D eigenvalue weighted by Gasteiger charge is -2.13. The van der Waals surface area contributed by atoms with Crippen LogP contribution in [-0.4, -0.2) is 33.5 Å². The van der Waals surface area contributed by atoms with Gasteiger partial charge in [-0.1, -0.05) is 18.7 Å². The molecule has 1 N–H and O–H groups in total. The fourth-order valence-corrected chi connectivity index (χ4v) is 3.04. The van der Waals surface area contributed by atoms with Crippen LogP contribution in [0.3, 0.4) is 0 Å². The van der Waals surface area contributed by atoms with Crippen LogP contribution < -0.4 is 4.74 Å². The van der Waals surface area contributed by atoms with E-state index in [0.29, 0.717) is 5.16 Å². The molecule has 0 atom stereocenters. The largest absolute Gasteiger partial charge is 0.497 e. The number of hydrogen-bond donors (Lipinski definition) is 1. The molecular weight excluding hydrogens is 356 g/mol. The van der Waals surface area contributed by atoms with Gasteiger partial charge in [0.05, 0.1) is 18.6 Å². The summed E-state index contributed by atoms with van der Waals surface area (Å²) in [6, 6.07) is 5.66. The molecule has 0 aliphatic heterocycles. The van der Waals surface area contributed by atoms with Gasteiger partial charge in [0.2, 0.25) is 0 Å². The van der Waals surface area contributed by atoms with Crippen molar-refractivity contribution in [3.8, 4) is 11.4 Å². The van der Waals surface area contributed by atoms with Gasteiger partial charge in [-0.05, 0) is 34.5 Å². The molecule has 1 heterocycles. The van der Waals surface area contributed by atoms with Gasteiger partial charge in [-0.15, -0.1) is 0 Å². The predicted molar refractivity (Wildman–Crippen MR) is 85.6 cm³/mol. The summed E-state index contributed by atoms with van der Waals surface area (Å²) in [6.07, 6.45) is 2.57. The Kier molecular flexibility index (Phi) is 5.30. The molecule has 2 rings (SSSR count). The number of carboxylic acid groups (broad SMARTS) is 1. The zero-order valence-corrected chi connectivity index (χ0v) is 14.1. The van der Waals surface area contributed by atoms with Gasteiger partial charge in [-0.2, -0.15) is 0 Å². The summed E-state index contributed by atoms with van der Waals surface area (Å²) in [5.41, 5.74) is 1.90. The van der Waals surface area contributed by atoms with Crippen LogP contribution in [0.25, 0.3) is 5.69 Å². The Morgan fingerprint density at radius 3 is 2.90 bits per heavy atom. The number of halogens is 1. The highest BCUT2D eigenvalue weighted by Gasteiger charge is 2.15. The lowest BCUT2D eigenvalue weighted by Crippen LogP contribution is -2.05. The summed E-state index contributed by atoms with van der Waals surface area (Å²) >= 11 is 4.73. The molecule has 0 saturated carbocycles. The van der Waals surface area contributed by atoms with Crippen LogP contribution in [0.15, 0.2) is 34.0 Å². The van der Waals surface area contributed by atoms with Gasteiger partial charge >= 0.3 is 5.97 Å². The molecule has 0 bridgehead atoms. The lowest BCUT2D eigenvalue weighted by atomic mass is 10.2. The highest BCUT2D eigenvalue weighted by molar-refractivity contribution is 9.10. The van der Waals surface area contributed by atoms with Crippen LogP contribution in [0.2, 0.25) is 0 Å². The number of rotatable bonds is 6. The van der Waals surface area contributed by atoms with E-state index >= 15 is 0 Å². The van der Waals surface area contributed by atoms with Crippen molar-refractivity contribution >= 4 is 33.7 Å². The smallest absolute Gasteiger partial charge is 0.313 e. The number of imidazole rings is 1. The molecule has 2 aromatic rings. The summed E-state index contributed by atoms with van der Waals surface area (Å²) in [6.45, 7) is 2.03. The van der Waals surface area contributed by atoms with Gasteiger partial charge in [-0.25, -0.2) is 4.98 Å². The van der Waals surface area contributed by atoms with E-state index in [9.17, 15) is 4.79 Å². The second-order valence-corrected chi connectivity index (χ2v) is 6.02. The van der Waals surface area contributed by atoms with E-state index in [1.165, 1.54) is 11.8 Å². The van der Waals surface area contributed by atoms with Crippen LogP contribution in [0.5, 0.6) is 5.75 Å². The molecule has 21 heavy (non-hydrogen) atoms. The molecule has 112 valence electrons. The Morgan fingerprint density at radius 2 is 2.29 bits per heavy atom. The molecule has 0 amide bonds. The summed E-state index contributed by atoms with van der Waals surface area (Å²) in [4.78, 5) is 15.1. The first kappa shape index (κ1) is 15.9. The Morgan fingerprint density at radius 1 is 1.52 bits per heavy atom. The maximum Gasteiger partial charge on any atom is 0.313 e. The maximum absolute atomic E-state index is 10.8. The Hall–Kier alpha value is -1.47. The zero-order chi connectivity index (χ0) is 15.4. The van der Waals surface area contributed by atoms with Gasteiger partial charge in [-0.3, -0.25) is 9.36 Å². The van der Waals surface area contributed by atoms with Crippen molar-refractivity contribution < 1.29 is 14.6 Å². The lowest BCUT2D eigenvalue weighted by molar-refractivity contribution is -0.133. The summed E-state index contributed by atoms with van der Waals surface area (Å²) in [7, 11) is 1.61. The molecular formula is C14H15BrN2O3S. The minimum Gasteiger partial charge on any atom is -0.497 e. The third-order valence-corrected chi connectivity index (χ3v) is 4.49. The van der Waals surface area contributed by atoms with Crippen molar-refractivity contribution in [2.24, 2.45) is 0 Å². The van der Waals surface area contributed by atoms with Crippen LogP contribution in [0.4, 0.5) is 0 Å². The summed E-state index contributed by atoms with van der Waals surface area (Å²) in [5, 5.41) is 9.51. The molecule has 5 nitrogen and oxygen atoms in total. The number of aromatic nitrogens is 2. The number of nitrogens with zero attached hydrogens (tertiary/aromatic N) is 2. The van der Waals surface area contributed by atoms with Crippen LogP contribution in [-0.2, 0) is 11.2 Å². The maximum atomic E-state index is 10.8. The molecule has 0 saturated heterocycles. The Balaban J connectivity index is 2.50. The first-order valence-electron chi connectivity index (χ1n) is 6.32. The molecule has 7 heteroatoms. The van der Waals surface area contributed by atoms with E-state index in [1.54, 1.807) is 13.3 Å². The number of carboxylic acids is 1. The second-order valence-electron chi connectivity index (χ2n) is 4.22. The number of ether oxygens (including phenoxy) is 1. The van der Waals surface area contributed by atoms with Gasteiger partial charge in [0, 0.05) is 22.4 Å². The van der Waals surface area contributed by atoms with Crippen LogP contribution in [0.1, 0.15) is 12.6 Å². The number of aryl methyl sites for hydroxylation is 1. The van der Waals surface area contributed by atoms with Crippen molar-refractivity contribution in [2.75, 3.05) is 12.9 Å². The third-order valence-electron chi connectivity index (χ3n) is 2.88. The number of thioether (sulfide) groups is 1. The SMILES string of the molecule is CCc1cnc(SCC(=O)O)n1-c1cc(OC)ccc1Br. The molecule has 0 radical (unpaired) electrons. The average Bonchev–Trinajstić information content (AvgIpc) is 2.88. The van der Waals surface area contributed by atoms with E-state index in [-0.39, 0.29) is 5.75 Å². The van der Waals surface area contributed by atoms with Crippen molar-refractivity contribution in [2.45, 2.75) is 18.5 Å². The molecule has 0 aliphatic rings. The number of carbonyl (C=O) groups is 1. The predicted octanol–water partition coefficient (Wildman–Crippen LogP) is 3.38. The molecule has 0 spiro atoms. The van der Waals surface area contributed by atoms with Crippen molar-refractivity contribution in [3.63, 3.8) is 0 Å². The molecule has 1 aromatic heterocycles. The highest BCUT2D eigenvalue weighted by Crippen LogP contribution is 2.31. The number of methoxy groups -OCH3 is 1. The first-order valence-corrected chi connectivity index (χ1v) is 8.09. The number of benzene rings is 1. The highest BCUT2D eigenvalue weighted by atomic mass is 79.9. The van der Waals surface area contributed by atoms with Crippen molar-refractivity contribution in [1.29, 1.82) is 0 Å².